The SMILES string of the molecule is Cc1nn(-c2ccccc2)c2c1C(c1ccccc1)c1c(ncn3nc(-c4ccccc4)nc13)O2. The number of aryl methyl sites for hydroxylation is 1. The van der Waals surface area contributed by atoms with Gasteiger partial charge in [-0.3, -0.25) is 0 Å². The smallest absolute Gasteiger partial charge is 0.230 e. The van der Waals surface area contributed by atoms with Crippen molar-refractivity contribution in [2.24, 2.45) is 0 Å². The molecule has 7 rings (SSSR count). The summed E-state index contributed by atoms with van der Waals surface area (Å²) in [7, 11) is 0. The van der Waals surface area contributed by atoms with Crippen LogP contribution in [0.15, 0.2) is 97.3 Å². The molecular weight excluding hydrogens is 436 g/mol. The number of hydrogen-bond donors (Lipinski definition) is 0. The van der Waals surface area contributed by atoms with Gasteiger partial charge in [-0.25, -0.2) is 19.2 Å². The minimum absolute atomic E-state index is 0.156. The monoisotopic (exact) mass is 456 g/mol. The number of ether oxygens (including phenoxy) is 1. The molecule has 0 N–H and O–H groups in total. The number of rotatable bonds is 3. The Morgan fingerprint density at radius 3 is 2.20 bits per heavy atom. The molecule has 7 nitrogen and oxygen atoms in total. The summed E-state index contributed by atoms with van der Waals surface area (Å²) in [4.78, 5) is 9.61. The first-order valence-corrected chi connectivity index (χ1v) is 11.5. The average molecular weight is 457 g/mol. The summed E-state index contributed by atoms with van der Waals surface area (Å²) in [5.74, 6) is 1.68. The second kappa shape index (κ2) is 7.63. The Balaban J connectivity index is 1.50. The van der Waals surface area contributed by atoms with Gasteiger partial charge in [-0.1, -0.05) is 78.9 Å². The van der Waals surface area contributed by atoms with Gasteiger partial charge in [0.2, 0.25) is 11.8 Å². The maximum Gasteiger partial charge on any atom is 0.230 e. The molecule has 0 radical (unpaired) electrons. The second-order valence-corrected chi connectivity index (χ2v) is 8.53. The fourth-order valence-corrected chi connectivity index (χ4v) is 4.81. The van der Waals surface area contributed by atoms with Gasteiger partial charge < -0.3 is 4.74 Å². The van der Waals surface area contributed by atoms with E-state index >= 15 is 0 Å². The number of benzene rings is 3. The van der Waals surface area contributed by atoms with Gasteiger partial charge in [0.05, 0.1) is 28.4 Å². The molecule has 0 saturated heterocycles. The molecule has 6 aromatic rings. The Kier molecular flexibility index (Phi) is 4.29. The first kappa shape index (κ1) is 19.7. The van der Waals surface area contributed by atoms with E-state index in [2.05, 4.69) is 17.1 Å². The van der Waals surface area contributed by atoms with E-state index in [4.69, 9.17) is 19.9 Å². The molecule has 7 heteroatoms. The zero-order valence-corrected chi connectivity index (χ0v) is 18.9. The first-order valence-electron chi connectivity index (χ1n) is 11.5. The Morgan fingerprint density at radius 2 is 1.46 bits per heavy atom. The minimum Gasteiger partial charge on any atom is -0.420 e. The highest BCUT2D eigenvalue weighted by atomic mass is 16.5. The van der Waals surface area contributed by atoms with Gasteiger partial charge in [0.1, 0.15) is 6.33 Å². The third-order valence-electron chi connectivity index (χ3n) is 6.39. The lowest BCUT2D eigenvalue weighted by molar-refractivity contribution is 0.402. The number of nitrogens with zero attached hydrogens (tertiary/aromatic N) is 6. The predicted molar refractivity (Wildman–Crippen MR) is 132 cm³/mol. The van der Waals surface area contributed by atoms with E-state index in [0.29, 0.717) is 17.6 Å². The van der Waals surface area contributed by atoms with Crippen molar-refractivity contribution in [2.75, 3.05) is 0 Å². The van der Waals surface area contributed by atoms with Crippen molar-refractivity contribution >= 4 is 5.65 Å². The van der Waals surface area contributed by atoms with Crippen LogP contribution >= 0.6 is 0 Å². The van der Waals surface area contributed by atoms with Crippen LogP contribution in [-0.2, 0) is 0 Å². The Bertz CT molecular complexity index is 1670. The Morgan fingerprint density at radius 1 is 0.771 bits per heavy atom. The van der Waals surface area contributed by atoms with Gasteiger partial charge in [0, 0.05) is 5.56 Å². The molecule has 0 amide bonds. The summed E-state index contributed by atoms with van der Waals surface area (Å²) in [5, 5.41) is 9.59. The highest BCUT2D eigenvalue weighted by molar-refractivity contribution is 5.68. The van der Waals surface area contributed by atoms with Crippen molar-refractivity contribution in [1.29, 1.82) is 0 Å². The van der Waals surface area contributed by atoms with Gasteiger partial charge in [0.15, 0.2) is 11.5 Å². The molecule has 35 heavy (non-hydrogen) atoms. The lowest BCUT2D eigenvalue weighted by Crippen LogP contribution is -2.16. The molecular formula is C28H20N6O. The summed E-state index contributed by atoms with van der Waals surface area (Å²) in [6, 6.07) is 30.3. The topological polar surface area (TPSA) is 70.1 Å². The quantitative estimate of drug-likeness (QED) is 0.348. The highest BCUT2D eigenvalue weighted by Gasteiger charge is 2.38. The summed E-state index contributed by atoms with van der Waals surface area (Å²) in [6.45, 7) is 2.02. The number of fused-ring (bicyclic) bond motifs is 4. The van der Waals surface area contributed by atoms with Crippen molar-refractivity contribution in [2.45, 2.75) is 12.8 Å². The molecule has 0 spiro atoms. The molecule has 4 heterocycles. The molecule has 168 valence electrons. The summed E-state index contributed by atoms with van der Waals surface area (Å²) in [6.07, 6.45) is 1.66. The molecule has 0 aliphatic carbocycles. The van der Waals surface area contributed by atoms with Gasteiger partial charge >= 0.3 is 0 Å². The van der Waals surface area contributed by atoms with Crippen LogP contribution in [0.25, 0.3) is 22.7 Å². The summed E-state index contributed by atoms with van der Waals surface area (Å²) >= 11 is 0. The minimum atomic E-state index is -0.156. The molecule has 3 aromatic heterocycles. The van der Waals surface area contributed by atoms with E-state index in [1.54, 1.807) is 10.8 Å². The van der Waals surface area contributed by atoms with Crippen molar-refractivity contribution in [3.05, 3.63) is 120 Å². The maximum atomic E-state index is 6.47. The van der Waals surface area contributed by atoms with Crippen LogP contribution in [-0.4, -0.2) is 29.4 Å². The van der Waals surface area contributed by atoms with Crippen LogP contribution in [0.4, 0.5) is 0 Å². The lowest BCUT2D eigenvalue weighted by Gasteiger charge is -2.26. The molecule has 1 aliphatic rings. The Hall–Kier alpha value is -4.78. The normalized spacial score (nSPS) is 14.4. The fraction of sp³-hybridized carbons (Fsp3) is 0.0714. The molecule has 0 fully saturated rings. The van der Waals surface area contributed by atoms with Gasteiger partial charge in [-0.05, 0) is 24.6 Å². The molecule has 0 bridgehead atoms. The molecule has 1 unspecified atom stereocenters. The van der Waals surface area contributed by atoms with E-state index in [9.17, 15) is 0 Å². The fourth-order valence-electron chi connectivity index (χ4n) is 4.81. The van der Waals surface area contributed by atoms with Crippen molar-refractivity contribution in [3.63, 3.8) is 0 Å². The highest BCUT2D eigenvalue weighted by Crippen LogP contribution is 2.49. The molecule has 1 atom stereocenters. The number of aromatic nitrogens is 6. The number of para-hydroxylation sites is 1. The van der Waals surface area contributed by atoms with Gasteiger partial charge in [-0.2, -0.15) is 5.10 Å². The molecule has 0 saturated carbocycles. The van der Waals surface area contributed by atoms with Crippen LogP contribution in [0.5, 0.6) is 11.8 Å². The first-order chi connectivity index (χ1) is 17.3. The molecule has 3 aromatic carbocycles. The lowest BCUT2D eigenvalue weighted by atomic mass is 9.84. The maximum absolute atomic E-state index is 6.47. The van der Waals surface area contributed by atoms with E-state index in [1.165, 1.54) is 0 Å². The van der Waals surface area contributed by atoms with E-state index in [1.807, 2.05) is 90.5 Å². The van der Waals surface area contributed by atoms with E-state index in [-0.39, 0.29) is 5.92 Å². The molecule has 1 aliphatic heterocycles. The van der Waals surface area contributed by atoms with E-state index < -0.39 is 0 Å². The average Bonchev–Trinajstić information content (AvgIpc) is 3.50. The number of hydrogen-bond acceptors (Lipinski definition) is 5. The van der Waals surface area contributed by atoms with Crippen LogP contribution in [0.2, 0.25) is 0 Å². The third-order valence-corrected chi connectivity index (χ3v) is 6.39. The second-order valence-electron chi connectivity index (χ2n) is 8.53. The van der Waals surface area contributed by atoms with Crippen molar-refractivity contribution < 1.29 is 4.74 Å². The standard InChI is InChI=1S/C28H20N6O/c1-18-22-23(19-11-5-2-6-12-19)24-26-30-25(20-13-7-3-8-14-20)32-33(26)17-29-27(24)35-28(22)34(31-18)21-15-9-4-10-16-21/h2-17,23H,1H3. The third kappa shape index (κ3) is 3.05. The summed E-state index contributed by atoms with van der Waals surface area (Å²) in [5.41, 5.74) is 6.51. The van der Waals surface area contributed by atoms with Crippen LogP contribution in [0.3, 0.4) is 0 Å². The predicted octanol–water partition coefficient (Wildman–Crippen LogP) is 5.57. The van der Waals surface area contributed by atoms with Crippen LogP contribution in [0.1, 0.15) is 28.3 Å². The summed E-state index contributed by atoms with van der Waals surface area (Å²) < 4.78 is 10.1. The van der Waals surface area contributed by atoms with E-state index in [0.717, 1.165) is 39.3 Å². The Labute approximate surface area is 201 Å². The largest absolute Gasteiger partial charge is 0.420 e. The van der Waals surface area contributed by atoms with Gasteiger partial charge in [0.25, 0.3) is 0 Å². The van der Waals surface area contributed by atoms with Crippen LogP contribution in [0, 0.1) is 6.92 Å². The zero-order chi connectivity index (χ0) is 23.4. The van der Waals surface area contributed by atoms with Crippen LogP contribution < -0.4 is 4.74 Å². The van der Waals surface area contributed by atoms with Crippen molar-refractivity contribution in [1.82, 2.24) is 29.4 Å². The van der Waals surface area contributed by atoms with Gasteiger partial charge in [-0.15, -0.1) is 5.10 Å². The van der Waals surface area contributed by atoms with Crippen molar-refractivity contribution in [3.8, 4) is 28.8 Å². The zero-order valence-electron chi connectivity index (χ0n) is 18.9.